The molecule has 0 saturated carbocycles. The van der Waals surface area contributed by atoms with Crippen molar-refractivity contribution in [1.82, 2.24) is 9.80 Å². The summed E-state index contributed by atoms with van der Waals surface area (Å²) >= 11 is 0. The molecule has 162 valence electrons. The molecule has 1 atom stereocenters. The van der Waals surface area contributed by atoms with E-state index in [1.165, 1.54) is 17.0 Å². The monoisotopic (exact) mass is 424 g/mol. The molecule has 0 radical (unpaired) electrons. The second kappa shape index (κ2) is 9.41. The van der Waals surface area contributed by atoms with Crippen LogP contribution in [0.5, 0.6) is 0 Å². The lowest BCUT2D eigenvalue weighted by atomic mass is 9.95. The van der Waals surface area contributed by atoms with Crippen LogP contribution in [0.3, 0.4) is 0 Å². The van der Waals surface area contributed by atoms with Crippen LogP contribution in [-0.4, -0.2) is 66.0 Å². The third-order valence-corrected chi connectivity index (χ3v) is 5.75. The zero-order chi connectivity index (χ0) is 21.8. The number of amides is 1. The van der Waals surface area contributed by atoms with Crippen molar-refractivity contribution in [3.63, 3.8) is 0 Å². The van der Waals surface area contributed by atoms with Crippen LogP contribution in [0.15, 0.2) is 60.2 Å². The molecule has 2 aliphatic rings. The molecule has 0 bridgehead atoms. The summed E-state index contributed by atoms with van der Waals surface area (Å²) in [6, 6.07) is 13.6. The average Bonchev–Trinajstić information content (AvgIpc) is 3.05. The van der Waals surface area contributed by atoms with Gasteiger partial charge in [-0.1, -0.05) is 42.5 Å². The molecular formula is C24H25FN2O4. The maximum absolute atomic E-state index is 13.5. The molecule has 2 heterocycles. The Balaban J connectivity index is 1.65. The van der Waals surface area contributed by atoms with E-state index in [2.05, 4.69) is 4.90 Å². The summed E-state index contributed by atoms with van der Waals surface area (Å²) in [6.07, 6.45) is 0.677. The summed E-state index contributed by atoms with van der Waals surface area (Å²) in [5, 5.41) is 10.9. The van der Waals surface area contributed by atoms with Gasteiger partial charge in [0, 0.05) is 31.7 Å². The summed E-state index contributed by atoms with van der Waals surface area (Å²) in [5.74, 6) is -1.99. The number of ether oxygens (including phenoxy) is 1. The van der Waals surface area contributed by atoms with E-state index in [4.69, 9.17) is 4.74 Å². The van der Waals surface area contributed by atoms with E-state index in [9.17, 15) is 19.1 Å². The first kappa shape index (κ1) is 21.2. The van der Waals surface area contributed by atoms with Crippen molar-refractivity contribution in [3.05, 3.63) is 77.1 Å². The molecule has 2 aromatic rings. The van der Waals surface area contributed by atoms with Gasteiger partial charge in [0.2, 0.25) is 0 Å². The van der Waals surface area contributed by atoms with Crippen molar-refractivity contribution in [2.24, 2.45) is 0 Å². The summed E-state index contributed by atoms with van der Waals surface area (Å²) in [7, 11) is 0. The number of halogens is 1. The van der Waals surface area contributed by atoms with E-state index in [0.717, 1.165) is 19.6 Å². The van der Waals surface area contributed by atoms with Gasteiger partial charge in [-0.2, -0.15) is 0 Å². The lowest BCUT2D eigenvalue weighted by molar-refractivity contribution is -0.140. The minimum Gasteiger partial charge on any atom is -0.507 e. The lowest BCUT2D eigenvalue weighted by Crippen LogP contribution is -2.38. The van der Waals surface area contributed by atoms with E-state index < -0.39 is 23.5 Å². The van der Waals surface area contributed by atoms with Crippen LogP contribution in [-0.2, 0) is 14.3 Å². The molecule has 1 amide bonds. The maximum Gasteiger partial charge on any atom is 0.295 e. The van der Waals surface area contributed by atoms with Crippen molar-refractivity contribution >= 4 is 17.4 Å². The van der Waals surface area contributed by atoms with Gasteiger partial charge in [-0.15, -0.1) is 0 Å². The molecule has 4 rings (SSSR count). The number of rotatable bonds is 6. The standard InChI is InChI=1S/C24H25FN2O4/c25-19-9-7-17(8-10-19)21-20(22(28)18-5-2-1-3-6-18)23(29)24(30)27(21)12-4-11-26-13-15-31-16-14-26/h1-3,5-10,21,28H,4,11-16H2/t21-/m1/s1. The van der Waals surface area contributed by atoms with Crippen LogP contribution in [0.1, 0.15) is 23.6 Å². The van der Waals surface area contributed by atoms with Crippen LogP contribution in [0, 0.1) is 5.82 Å². The molecule has 31 heavy (non-hydrogen) atoms. The Bertz CT molecular complexity index is 969. The number of carbonyl (C=O) groups is 2. The van der Waals surface area contributed by atoms with E-state index in [-0.39, 0.29) is 11.3 Å². The third kappa shape index (κ3) is 4.52. The fourth-order valence-corrected chi connectivity index (χ4v) is 4.14. The number of ketones is 1. The van der Waals surface area contributed by atoms with Crippen molar-refractivity contribution in [2.45, 2.75) is 12.5 Å². The highest BCUT2D eigenvalue weighted by molar-refractivity contribution is 6.46. The molecule has 0 spiro atoms. The first-order chi connectivity index (χ1) is 15.1. The highest BCUT2D eigenvalue weighted by Crippen LogP contribution is 2.39. The molecule has 0 aliphatic carbocycles. The third-order valence-electron chi connectivity index (χ3n) is 5.75. The summed E-state index contributed by atoms with van der Waals surface area (Å²) < 4.78 is 18.9. The molecule has 2 aromatic carbocycles. The highest BCUT2D eigenvalue weighted by atomic mass is 19.1. The van der Waals surface area contributed by atoms with Gasteiger partial charge in [-0.3, -0.25) is 14.5 Å². The van der Waals surface area contributed by atoms with Crippen molar-refractivity contribution < 1.29 is 23.8 Å². The second-order valence-electron chi connectivity index (χ2n) is 7.72. The van der Waals surface area contributed by atoms with Crippen LogP contribution in [0.2, 0.25) is 0 Å². The number of aliphatic hydroxyl groups excluding tert-OH is 1. The molecule has 7 heteroatoms. The normalized spacial score (nSPS) is 21.6. The molecule has 2 aliphatic heterocycles. The van der Waals surface area contributed by atoms with Crippen molar-refractivity contribution in [3.8, 4) is 0 Å². The van der Waals surface area contributed by atoms with Gasteiger partial charge in [0.05, 0.1) is 24.8 Å². The van der Waals surface area contributed by atoms with Gasteiger partial charge in [0.1, 0.15) is 11.6 Å². The number of morpholine rings is 1. The summed E-state index contributed by atoms with van der Waals surface area (Å²) in [4.78, 5) is 29.6. The van der Waals surface area contributed by atoms with E-state index in [0.29, 0.717) is 37.3 Å². The second-order valence-corrected chi connectivity index (χ2v) is 7.72. The topological polar surface area (TPSA) is 70.1 Å². The first-order valence-electron chi connectivity index (χ1n) is 10.5. The Labute approximate surface area is 180 Å². The van der Waals surface area contributed by atoms with Gasteiger partial charge in [0.25, 0.3) is 11.7 Å². The van der Waals surface area contributed by atoms with E-state index in [1.807, 2.05) is 0 Å². The highest BCUT2D eigenvalue weighted by Gasteiger charge is 2.45. The lowest BCUT2D eigenvalue weighted by Gasteiger charge is -2.29. The Kier molecular flexibility index (Phi) is 6.44. The minimum atomic E-state index is -0.759. The van der Waals surface area contributed by atoms with E-state index >= 15 is 0 Å². The largest absolute Gasteiger partial charge is 0.507 e. The first-order valence-corrected chi connectivity index (χ1v) is 10.5. The smallest absolute Gasteiger partial charge is 0.295 e. The number of aliphatic hydroxyl groups is 1. The maximum atomic E-state index is 13.5. The molecule has 0 unspecified atom stereocenters. The zero-order valence-electron chi connectivity index (χ0n) is 17.2. The molecule has 2 fully saturated rings. The summed E-state index contributed by atoms with van der Waals surface area (Å²) in [5.41, 5.74) is 1.08. The Morgan fingerprint density at radius 2 is 1.68 bits per heavy atom. The Morgan fingerprint density at radius 1 is 1.00 bits per heavy atom. The minimum absolute atomic E-state index is 0.0363. The Morgan fingerprint density at radius 3 is 2.35 bits per heavy atom. The quantitative estimate of drug-likeness (QED) is 0.439. The van der Waals surface area contributed by atoms with Crippen LogP contribution >= 0.6 is 0 Å². The van der Waals surface area contributed by atoms with Gasteiger partial charge in [-0.25, -0.2) is 4.39 Å². The molecular weight excluding hydrogens is 399 g/mol. The number of Topliss-reactive ketones (excluding diaryl/α,β-unsaturated/α-hetero) is 1. The van der Waals surface area contributed by atoms with E-state index in [1.54, 1.807) is 42.5 Å². The number of hydrogen-bond donors (Lipinski definition) is 1. The fraction of sp³-hybridized carbons (Fsp3) is 0.333. The van der Waals surface area contributed by atoms with Gasteiger partial charge in [0.15, 0.2) is 0 Å². The predicted octanol–water partition coefficient (Wildman–Crippen LogP) is 2.97. The average molecular weight is 424 g/mol. The molecule has 2 saturated heterocycles. The van der Waals surface area contributed by atoms with Crippen LogP contribution in [0.4, 0.5) is 4.39 Å². The number of benzene rings is 2. The van der Waals surface area contributed by atoms with Gasteiger partial charge in [-0.05, 0) is 24.1 Å². The molecule has 0 aromatic heterocycles. The molecule has 6 nitrogen and oxygen atoms in total. The SMILES string of the molecule is O=C1C(=O)N(CCCN2CCOCC2)[C@H](c2ccc(F)cc2)C1=C(O)c1ccccc1. The van der Waals surface area contributed by atoms with Crippen LogP contribution < -0.4 is 0 Å². The summed E-state index contributed by atoms with van der Waals surface area (Å²) in [6.45, 7) is 4.20. The zero-order valence-corrected chi connectivity index (χ0v) is 17.2. The van der Waals surface area contributed by atoms with Crippen molar-refractivity contribution in [1.29, 1.82) is 0 Å². The number of likely N-dealkylation sites (tertiary alicyclic amines) is 1. The number of carbonyl (C=O) groups excluding carboxylic acids is 2. The molecule has 1 N–H and O–H groups in total. The predicted molar refractivity (Wildman–Crippen MR) is 114 cm³/mol. The Hall–Kier alpha value is -3.03. The number of nitrogens with zero attached hydrogens (tertiary/aromatic N) is 2. The van der Waals surface area contributed by atoms with Crippen LogP contribution in [0.25, 0.3) is 5.76 Å². The van der Waals surface area contributed by atoms with Gasteiger partial charge >= 0.3 is 0 Å². The van der Waals surface area contributed by atoms with Gasteiger partial charge < -0.3 is 14.7 Å². The number of hydrogen-bond acceptors (Lipinski definition) is 5. The fourth-order valence-electron chi connectivity index (χ4n) is 4.14. The van der Waals surface area contributed by atoms with Crippen molar-refractivity contribution in [2.75, 3.05) is 39.4 Å².